The Hall–Kier alpha value is -4.18. The van der Waals surface area contributed by atoms with Crippen molar-refractivity contribution in [2.24, 2.45) is 0 Å². The molecule has 0 saturated carbocycles. The van der Waals surface area contributed by atoms with Gasteiger partial charge in [-0.1, -0.05) is 36.4 Å². The van der Waals surface area contributed by atoms with E-state index in [1.165, 1.54) is 12.1 Å². The van der Waals surface area contributed by atoms with Crippen molar-refractivity contribution in [1.82, 2.24) is 0 Å². The van der Waals surface area contributed by atoms with E-state index >= 15 is 0 Å². The molecule has 2 N–H and O–H groups in total. The third-order valence-corrected chi connectivity index (χ3v) is 4.70. The highest BCUT2D eigenvalue weighted by atomic mass is 19.1. The van der Waals surface area contributed by atoms with Gasteiger partial charge in [0.25, 0.3) is 0 Å². The molecule has 0 aliphatic heterocycles. The minimum absolute atomic E-state index is 0.0250. The number of nitrogens with one attached hydrogen (secondary N) is 1. The predicted octanol–water partition coefficient (Wildman–Crippen LogP) is 4.93. The van der Waals surface area contributed by atoms with Crippen molar-refractivity contribution < 1.29 is 23.8 Å². The molecule has 7 heteroatoms. The first-order valence-corrected chi connectivity index (χ1v) is 9.84. The molecule has 0 saturated heterocycles. The number of ether oxygens (including phenoxy) is 2. The Labute approximate surface area is 185 Å². The van der Waals surface area contributed by atoms with Crippen LogP contribution in [-0.4, -0.2) is 23.4 Å². The summed E-state index contributed by atoms with van der Waals surface area (Å²) in [6.45, 7) is 0.340. The van der Waals surface area contributed by atoms with Gasteiger partial charge in [0, 0.05) is 5.56 Å². The molecule has 0 aliphatic carbocycles. The standard InChI is InChI=1S/C25H21FN2O4/c26-21-3-1-2-19(12-21)24(28)16-32-22-8-4-17(5-9-22)15-31-23-10-6-18(7-11-23)20(14-27)13-25(29)30/h1-12,20,28H,13,15-16H2,(H,29,30). The number of carboxylic acids is 1. The lowest BCUT2D eigenvalue weighted by molar-refractivity contribution is -0.137. The fraction of sp³-hybridized carbons (Fsp3) is 0.160. The Kier molecular flexibility index (Phi) is 7.55. The molecule has 3 aromatic carbocycles. The molecule has 0 heterocycles. The van der Waals surface area contributed by atoms with Crippen molar-refractivity contribution in [3.8, 4) is 17.6 Å². The van der Waals surface area contributed by atoms with Crippen molar-refractivity contribution in [1.29, 1.82) is 10.7 Å². The van der Waals surface area contributed by atoms with Crippen LogP contribution in [0, 0.1) is 22.6 Å². The zero-order valence-electron chi connectivity index (χ0n) is 17.1. The summed E-state index contributed by atoms with van der Waals surface area (Å²) < 4.78 is 24.6. The first-order valence-electron chi connectivity index (χ1n) is 9.84. The molecule has 0 fully saturated rings. The first kappa shape index (κ1) is 22.5. The number of aliphatic carboxylic acids is 1. The van der Waals surface area contributed by atoms with E-state index in [0.29, 0.717) is 29.2 Å². The van der Waals surface area contributed by atoms with Crippen molar-refractivity contribution in [2.45, 2.75) is 18.9 Å². The molecule has 0 aliphatic rings. The second kappa shape index (κ2) is 10.7. The topological polar surface area (TPSA) is 103 Å². The monoisotopic (exact) mass is 432 g/mol. The van der Waals surface area contributed by atoms with Crippen LogP contribution in [0.5, 0.6) is 11.5 Å². The molecule has 6 nitrogen and oxygen atoms in total. The molecule has 1 atom stereocenters. The second-order valence-electron chi connectivity index (χ2n) is 7.06. The summed E-state index contributed by atoms with van der Waals surface area (Å²) in [4.78, 5) is 10.8. The minimum atomic E-state index is -1.02. The molecule has 3 aromatic rings. The van der Waals surface area contributed by atoms with Gasteiger partial charge in [-0.3, -0.25) is 4.79 Å². The van der Waals surface area contributed by atoms with E-state index in [1.807, 2.05) is 18.2 Å². The van der Waals surface area contributed by atoms with E-state index in [1.54, 1.807) is 48.5 Å². The fourth-order valence-electron chi connectivity index (χ4n) is 2.97. The van der Waals surface area contributed by atoms with E-state index in [9.17, 15) is 9.18 Å². The van der Waals surface area contributed by atoms with Gasteiger partial charge in [-0.2, -0.15) is 5.26 Å². The van der Waals surface area contributed by atoms with Gasteiger partial charge in [0.2, 0.25) is 0 Å². The molecule has 3 rings (SSSR count). The highest BCUT2D eigenvalue weighted by molar-refractivity contribution is 5.99. The van der Waals surface area contributed by atoms with Crippen LogP contribution in [0.1, 0.15) is 29.0 Å². The SMILES string of the molecule is N#CC(CC(=O)O)c1ccc(OCc2ccc(OCC(=N)c3cccc(F)c3)cc2)cc1. The van der Waals surface area contributed by atoms with E-state index in [0.717, 1.165) is 5.56 Å². The number of halogens is 1. The van der Waals surface area contributed by atoms with E-state index in [-0.39, 0.29) is 18.7 Å². The number of benzene rings is 3. The predicted molar refractivity (Wildman–Crippen MR) is 117 cm³/mol. The fourth-order valence-corrected chi connectivity index (χ4v) is 2.97. The molecule has 0 aromatic heterocycles. The molecule has 1 unspecified atom stereocenters. The summed E-state index contributed by atoms with van der Waals surface area (Å²) in [7, 11) is 0. The van der Waals surface area contributed by atoms with Crippen LogP contribution in [-0.2, 0) is 11.4 Å². The van der Waals surface area contributed by atoms with Crippen LogP contribution < -0.4 is 9.47 Å². The summed E-state index contributed by atoms with van der Waals surface area (Å²) in [6, 6.07) is 21.9. The quantitative estimate of drug-likeness (QED) is 0.442. The van der Waals surface area contributed by atoms with Crippen LogP contribution in [0.4, 0.5) is 4.39 Å². The molecule has 0 spiro atoms. The van der Waals surface area contributed by atoms with E-state index in [2.05, 4.69) is 0 Å². The number of rotatable bonds is 10. The zero-order valence-corrected chi connectivity index (χ0v) is 17.1. The van der Waals surface area contributed by atoms with Gasteiger partial charge < -0.3 is 20.0 Å². The summed E-state index contributed by atoms with van der Waals surface area (Å²) in [5, 5.41) is 26.0. The van der Waals surface area contributed by atoms with Gasteiger partial charge in [0.15, 0.2) is 0 Å². The zero-order chi connectivity index (χ0) is 22.9. The molecule has 0 bridgehead atoms. The Morgan fingerprint density at radius 2 is 1.69 bits per heavy atom. The molecule has 0 amide bonds. The number of hydrogen-bond acceptors (Lipinski definition) is 5. The maximum absolute atomic E-state index is 13.3. The Morgan fingerprint density at radius 1 is 1.03 bits per heavy atom. The van der Waals surface area contributed by atoms with Crippen LogP contribution in [0.15, 0.2) is 72.8 Å². The molecular weight excluding hydrogens is 411 g/mol. The Balaban J connectivity index is 1.50. The highest BCUT2D eigenvalue weighted by Gasteiger charge is 2.14. The number of hydrogen-bond donors (Lipinski definition) is 2. The summed E-state index contributed by atoms with van der Waals surface area (Å²) in [5.41, 5.74) is 2.20. The van der Waals surface area contributed by atoms with Gasteiger partial charge in [-0.05, 0) is 47.5 Å². The molecule has 32 heavy (non-hydrogen) atoms. The Morgan fingerprint density at radius 3 is 2.31 bits per heavy atom. The van der Waals surface area contributed by atoms with E-state index in [4.69, 9.17) is 25.3 Å². The van der Waals surface area contributed by atoms with Crippen molar-refractivity contribution >= 4 is 11.7 Å². The van der Waals surface area contributed by atoms with Crippen LogP contribution in [0.2, 0.25) is 0 Å². The smallest absolute Gasteiger partial charge is 0.305 e. The average molecular weight is 432 g/mol. The van der Waals surface area contributed by atoms with Crippen molar-refractivity contribution in [3.05, 3.63) is 95.3 Å². The van der Waals surface area contributed by atoms with E-state index < -0.39 is 17.7 Å². The second-order valence-corrected chi connectivity index (χ2v) is 7.06. The lowest BCUT2D eigenvalue weighted by Crippen LogP contribution is -2.11. The Bertz CT molecular complexity index is 1120. The third-order valence-electron chi connectivity index (χ3n) is 4.70. The first-order chi connectivity index (χ1) is 15.4. The van der Waals surface area contributed by atoms with Crippen LogP contribution in [0.25, 0.3) is 0 Å². The average Bonchev–Trinajstić information content (AvgIpc) is 2.80. The normalized spacial score (nSPS) is 11.2. The molecule has 162 valence electrons. The summed E-state index contributed by atoms with van der Waals surface area (Å²) >= 11 is 0. The summed E-state index contributed by atoms with van der Waals surface area (Å²) in [6.07, 6.45) is -0.243. The van der Waals surface area contributed by atoms with Gasteiger partial charge in [0.1, 0.15) is 30.5 Å². The van der Waals surface area contributed by atoms with Gasteiger partial charge >= 0.3 is 5.97 Å². The van der Waals surface area contributed by atoms with Gasteiger partial charge in [-0.25, -0.2) is 4.39 Å². The lowest BCUT2D eigenvalue weighted by Gasteiger charge is -2.11. The third kappa shape index (κ3) is 6.41. The van der Waals surface area contributed by atoms with Crippen LogP contribution in [0.3, 0.4) is 0 Å². The minimum Gasteiger partial charge on any atom is -0.489 e. The maximum Gasteiger partial charge on any atom is 0.305 e. The molecular formula is C25H21FN2O4. The number of nitriles is 1. The van der Waals surface area contributed by atoms with Crippen LogP contribution >= 0.6 is 0 Å². The highest BCUT2D eigenvalue weighted by Crippen LogP contribution is 2.23. The number of carboxylic acid groups (broad SMARTS) is 1. The lowest BCUT2D eigenvalue weighted by atomic mass is 9.97. The molecule has 0 radical (unpaired) electrons. The number of nitrogens with zero attached hydrogens (tertiary/aromatic N) is 1. The van der Waals surface area contributed by atoms with Crippen molar-refractivity contribution in [2.75, 3.05) is 6.61 Å². The summed E-state index contributed by atoms with van der Waals surface area (Å²) in [5.74, 6) is -0.923. The maximum atomic E-state index is 13.3. The van der Waals surface area contributed by atoms with Gasteiger partial charge in [-0.15, -0.1) is 0 Å². The van der Waals surface area contributed by atoms with Crippen molar-refractivity contribution in [3.63, 3.8) is 0 Å². The number of carbonyl (C=O) groups is 1. The largest absolute Gasteiger partial charge is 0.489 e. The van der Waals surface area contributed by atoms with Gasteiger partial charge in [0.05, 0.1) is 24.1 Å².